The van der Waals surface area contributed by atoms with Crippen LogP contribution in [0.2, 0.25) is 5.02 Å². The molecular weight excluding hydrogens is 455 g/mol. The summed E-state index contributed by atoms with van der Waals surface area (Å²) in [4.78, 5) is 29.5. The molecule has 0 bridgehead atoms. The number of aromatic nitrogens is 3. The van der Waals surface area contributed by atoms with E-state index in [1.54, 1.807) is 38.1 Å². The van der Waals surface area contributed by atoms with E-state index in [-0.39, 0.29) is 35.9 Å². The second-order valence-electron chi connectivity index (χ2n) is 7.33. The highest BCUT2D eigenvalue weighted by Gasteiger charge is 2.16. The van der Waals surface area contributed by atoms with Crippen LogP contribution in [0.25, 0.3) is 0 Å². The summed E-state index contributed by atoms with van der Waals surface area (Å²) in [5.41, 5.74) is 4.71. The Morgan fingerprint density at radius 1 is 1.24 bits per heavy atom. The van der Waals surface area contributed by atoms with Crippen molar-refractivity contribution in [2.24, 2.45) is 10.9 Å². The average Bonchev–Trinajstić information content (AvgIpc) is 2.76. The lowest BCUT2D eigenvalue weighted by Crippen LogP contribution is -2.45. The van der Waals surface area contributed by atoms with Crippen molar-refractivity contribution in [3.8, 4) is 5.75 Å². The maximum atomic E-state index is 14.4. The Balaban J connectivity index is 2.05. The molecule has 4 N–H and O–H groups in total. The van der Waals surface area contributed by atoms with Crippen molar-refractivity contribution in [3.05, 3.63) is 79.8 Å². The second-order valence-corrected chi connectivity index (χ2v) is 7.76. The van der Waals surface area contributed by atoms with Crippen LogP contribution in [0, 0.1) is 5.82 Å². The van der Waals surface area contributed by atoms with Crippen molar-refractivity contribution >= 4 is 29.1 Å². The van der Waals surface area contributed by atoms with Crippen LogP contribution in [0.15, 0.2) is 57.2 Å². The first-order valence-corrected chi connectivity index (χ1v) is 10.2. The molecule has 0 spiro atoms. The van der Waals surface area contributed by atoms with Gasteiger partial charge in [0, 0.05) is 16.8 Å². The number of nitrogens with zero attached hydrogens (tertiary/aromatic N) is 4. The van der Waals surface area contributed by atoms with Gasteiger partial charge in [0.2, 0.25) is 5.95 Å². The van der Waals surface area contributed by atoms with Crippen LogP contribution < -0.4 is 27.2 Å². The van der Waals surface area contributed by atoms with Crippen molar-refractivity contribution in [1.82, 2.24) is 14.1 Å². The van der Waals surface area contributed by atoms with Gasteiger partial charge in [0.25, 0.3) is 0 Å². The predicted octanol–water partition coefficient (Wildman–Crippen LogP) is 2.52. The maximum Gasteiger partial charge on any atom is 0.355 e. The average molecular weight is 477 g/mol. The van der Waals surface area contributed by atoms with E-state index in [2.05, 4.69) is 15.5 Å². The van der Waals surface area contributed by atoms with Gasteiger partial charge in [-0.1, -0.05) is 28.9 Å². The summed E-state index contributed by atoms with van der Waals surface area (Å²) in [5.74, 6) is -1.03. The Morgan fingerprint density at radius 3 is 2.55 bits per heavy atom. The third-order valence-corrected chi connectivity index (χ3v) is 4.66. The molecule has 174 valence electrons. The lowest BCUT2D eigenvalue weighted by molar-refractivity contribution is 0.231. The van der Waals surface area contributed by atoms with Crippen LogP contribution in [0.4, 0.5) is 16.0 Å². The number of halogens is 2. The van der Waals surface area contributed by atoms with Crippen molar-refractivity contribution in [2.75, 3.05) is 5.32 Å². The van der Waals surface area contributed by atoms with Gasteiger partial charge < -0.3 is 21.0 Å². The molecule has 1 heterocycles. The molecule has 0 fully saturated rings. The molecule has 0 radical (unpaired) electrons. The summed E-state index contributed by atoms with van der Waals surface area (Å²) in [5, 5.41) is 14.9. The third kappa shape index (κ3) is 5.89. The molecule has 0 saturated carbocycles. The van der Waals surface area contributed by atoms with Crippen LogP contribution >= 0.6 is 11.6 Å². The fourth-order valence-electron chi connectivity index (χ4n) is 2.93. The first-order chi connectivity index (χ1) is 15.7. The fraction of sp³-hybridized carbons (Fsp3) is 0.238. The molecule has 3 aromatic rings. The summed E-state index contributed by atoms with van der Waals surface area (Å²) in [6.07, 6.45) is -0.216. The van der Waals surface area contributed by atoms with Crippen LogP contribution in [-0.2, 0) is 13.1 Å². The van der Waals surface area contributed by atoms with Crippen LogP contribution in [0.3, 0.4) is 0 Å². The van der Waals surface area contributed by atoms with Crippen LogP contribution in [-0.4, -0.2) is 31.3 Å². The minimum absolute atomic E-state index is 0.0127. The van der Waals surface area contributed by atoms with Gasteiger partial charge in [0.1, 0.15) is 0 Å². The molecule has 0 amide bonds. The van der Waals surface area contributed by atoms with Gasteiger partial charge in [-0.25, -0.2) is 18.5 Å². The predicted molar refractivity (Wildman–Crippen MR) is 122 cm³/mol. The molecule has 0 aliphatic rings. The Hall–Kier alpha value is -3.86. The van der Waals surface area contributed by atoms with Crippen molar-refractivity contribution in [1.29, 1.82) is 0 Å². The van der Waals surface area contributed by atoms with E-state index in [0.29, 0.717) is 10.6 Å². The lowest BCUT2D eigenvalue weighted by atomic mass is 10.2. The van der Waals surface area contributed by atoms with Gasteiger partial charge in [0.05, 0.1) is 19.2 Å². The summed E-state index contributed by atoms with van der Waals surface area (Å²) in [6.45, 7) is 3.10. The molecule has 10 nitrogen and oxygen atoms in total. The molecule has 33 heavy (non-hydrogen) atoms. The normalized spacial score (nSPS) is 11.6. The summed E-state index contributed by atoms with van der Waals surface area (Å²) < 4.78 is 21.7. The largest absolute Gasteiger partial charge is 0.488 e. The highest BCUT2D eigenvalue weighted by atomic mass is 35.5. The zero-order chi connectivity index (χ0) is 24.1. The number of oxime groups is 1. The number of amidine groups is 1. The van der Waals surface area contributed by atoms with E-state index < -0.39 is 23.7 Å². The topological polar surface area (TPSA) is 137 Å². The van der Waals surface area contributed by atoms with E-state index in [1.807, 2.05) is 0 Å². The molecule has 1 aromatic heterocycles. The Bertz CT molecular complexity index is 1290. The van der Waals surface area contributed by atoms with Crippen molar-refractivity contribution < 1.29 is 14.3 Å². The minimum atomic E-state index is -0.929. The molecule has 2 aromatic carbocycles. The van der Waals surface area contributed by atoms with E-state index in [1.165, 1.54) is 22.8 Å². The molecule has 0 aliphatic heterocycles. The molecule has 0 saturated heterocycles. The quantitative estimate of drug-likeness (QED) is 0.196. The third-order valence-electron chi connectivity index (χ3n) is 4.40. The van der Waals surface area contributed by atoms with Gasteiger partial charge in [0.15, 0.2) is 17.4 Å². The van der Waals surface area contributed by atoms with Gasteiger partial charge in [-0.3, -0.25) is 4.57 Å². The summed E-state index contributed by atoms with van der Waals surface area (Å²) >= 11 is 5.93. The number of rotatable bonds is 8. The first-order valence-electron chi connectivity index (χ1n) is 9.83. The highest BCUT2D eigenvalue weighted by molar-refractivity contribution is 6.30. The number of hydrogen-bond donors (Lipinski definition) is 3. The maximum absolute atomic E-state index is 14.4. The van der Waals surface area contributed by atoms with Crippen LogP contribution in [0.1, 0.15) is 19.4 Å². The van der Waals surface area contributed by atoms with E-state index in [0.717, 1.165) is 4.57 Å². The van der Waals surface area contributed by atoms with E-state index >= 15 is 0 Å². The second kappa shape index (κ2) is 10.2. The Kier molecular flexibility index (Phi) is 7.34. The van der Waals surface area contributed by atoms with Gasteiger partial charge >= 0.3 is 11.4 Å². The minimum Gasteiger partial charge on any atom is -0.488 e. The molecule has 3 rings (SSSR count). The zero-order valence-electron chi connectivity index (χ0n) is 17.8. The van der Waals surface area contributed by atoms with Crippen molar-refractivity contribution in [2.45, 2.75) is 33.0 Å². The first kappa shape index (κ1) is 23.8. The number of hydrogen-bond acceptors (Lipinski definition) is 7. The Morgan fingerprint density at radius 2 is 1.94 bits per heavy atom. The lowest BCUT2D eigenvalue weighted by Gasteiger charge is -2.16. The van der Waals surface area contributed by atoms with Gasteiger partial charge in [-0.2, -0.15) is 4.98 Å². The molecule has 0 aliphatic carbocycles. The summed E-state index contributed by atoms with van der Waals surface area (Å²) in [6, 6.07) is 10.8. The number of benzene rings is 2. The van der Waals surface area contributed by atoms with Crippen LogP contribution in [0.5, 0.6) is 5.75 Å². The molecule has 0 atom stereocenters. The Labute approximate surface area is 192 Å². The monoisotopic (exact) mass is 476 g/mol. The standard InChI is InChI=1S/C21H22ClFN6O4/c1-12(2)33-17-8-7-15(9-16(17)23)25-19-26-20(30)29(11-18(24)27-32)21(31)28(19)10-13-3-5-14(22)6-4-13/h3-9,12,32H,10-11H2,1-2H3,(H2,24,27)(H,25,26,30). The smallest absolute Gasteiger partial charge is 0.355 e. The number of ether oxygens (including phenoxy) is 1. The molecule has 0 unspecified atom stereocenters. The van der Waals surface area contributed by atoms with Gasteiger partial charge in [-0.15, -0.1) is 0 Å². The van der Waals surface area contributed by atoms with E-state index in [9.17, 15) is 14.0 Å². The molecule has 12 heteroatoms. The SMILES string of the molecule is CC(C)Oc1ccc(Nc2nc(=O)n(C/C(N)=N/O)c(=O)n2Cc2ccc(Cl)cc2)cc1F. The zero-order valence-corrected chi connectivity index (χ0v) is 18.6. The number of nitrogens with two attached hydrogens (primary N) is 1. The number of anilines is 2. The van der Waals surface area contributed by atoms with Crippen molar-refractivity contribution in [3.63, 3.8) is 0 Å². The van der Waals surface area contributed by atoms with E-state index in [4.69, 9.17) is 27.3 Å². The summed E-state index contributed by atoms with van der Waals surface area (Å²) in [7, 11) is 0. The highest BCUT2D eigenvalue weighted by Crippen LogP contribution is 2.24. The fourth-order valence-corrected chi connectivity index (χ4v) is 3.05. The number of nitrogens with one attached hydrogen (secondary N) is 1. The van der Waals surface area contributed by atoms with Gasteiger partial charge in [-0.05, 0) is 43.7 Å². The molecular formula is C21H22ClFN6O4.